The van der Waals surface area contributed by atoms with Crippen LogP contribution in [-0.2, 0) is 0 Å². The fourth-order valence-electron chi connectivity index (χ4n) is 2.54. The van der Waals surface area contributed by atoms with Crippen LogP contribution in [-0.4, -0.2) is 20.3 Å². The number of rotatable bonds is 2. The number of nitrogens with one attached hydrogen (secondary N) is 1. The summed E-state index contributed by atoms with van der Waals surface area (Å²) < 4.78 is 1.78. The Labute approximate surface area is 130 Å². The third-order valence-electron chi connectivity index (χ3n) is 3.36. The molecule has 5 heteroatoms. The summed E-state index contributed by atoms with van der Waals surface area (Å²) in [6.45, 7) is 8.29. The molecule has 2 heterocycles. The molecule has 2 aromatic heterocycles. The third-order valence-corrected chi connectivity index (χ3v) is 3.36. The molecule has 0 amide bonds. The molecule has 0 aliphatic carbocycles. The SMILES string of the molecule is Cc1cc(N)n(-c2cccc3c(NC(C)(C)C)nccc23)n1. The van der Waals surface area contributed by atoms with E-state index in [1.54, 1.807) is 4.68 Å². The fourth-order valence-corrected chi connectivity index (χ4v) is 2.54. The number of anilines is 2. The first-order valence-electron chi connectivity index (χ1n) is 7.33. The van der Waals surface area contributed by atoms with Crippen LogP contribution in [0, 0.1) is 6.92 Å². The molecule has 0 atom stereocenters. The van der Waals surface area contributed by atoms with Gasteiger partial charge in [-0.1, -0.05) is 12.1 Å². The van der Waals surface area contributed by atoms with Gasteiger partial charge in [0.05, 0.1) is 11.4 Å². The van der Waals surface area contributed by atoms with Crippen LogP contribution in [0.1, 0.15) is 26.5 Å². The molecular weight excluding hydrogens is 274 g/mol. The summed E-state index contributed by atoms with van der Waals surface area (Å²) in [5.74, 6) is 1.50. The number of aromatic nitrogens is 3. The number of hydrogen-bond acceptors (Lipinski definition) is 4. The smallest absolute Gasteiger partial charge is 0.134 e. The van der Waals surface area contributed by atoms with E-state index in [4.69, 9.17) is 5.73 Å². The molecule has 0 bridgehead atoms. The second-order valence-electron chi connectivity index (χ2n) is 6.53. The topological polar surface area (TPSA) is 68.8 Å². The molecule has 0 radical (unpaired) electrons. The van der Waals surface area contributed by atoms with Gasteiger partial charge in [-0.15, -0.1) is 0 Å². The van der Waals surface area contributed by atoms with Gasteiger partial charge >= 0.3 is 0 Å². The molecule has 0 spiro atoms. The predicted octanol–water partition coefficient (Wildman–Crippen LogP) is 3.52. The standard InChI is InChI=1S/C17H21N5/c1-11-10-15(18)22(21-11)14-7-5-6-13-12(14)8-9-19-16(13)20-17(2,3)4/h5-10H,18H2,1-4H3,(H,19,20). The number of fused-ring (bicyclic) bond motifs is 1. The zero-order chi connectivity index (χ0) is 15.9. The average molecular weight is 295 g/mol. The summed E-state index contributed by atoms with van der Waals surface area (Å²) in [6, 6.07) is 9.95. The number of nitrogens with two attached hydrogens (primary N) is 1. The van der Waals surface area contributed by atoms with Crippen LogP contribution in [0.5, 0.6) is 0 Å². The van der Waals surface area contributed by atoms with E-state index in [1.807, 2.05) is 37.4 Å². The van der Waals surface area contributed by atoms with E-state index in [1.165, 1.54) is 0 Å². The zero-order valence-electron chi connectivity index (χ0n) is 13.4. The van der Waals surface area contributed by atoms with Gasteiger partial charge < -0.3 is 11.1 Å². The number of hydrogen-bond donors (Lipinski definition) is 2. The summed E-state index contributed by atoms with van der Waals surface area (Å²) in [5.41, 5.74) is 7.88. The highest BCUT2D eigenvalue weighted by atomic mass is 15.3. The molecule has 0 aliphatic rings. The zero-order valence-corrected chi connectivity index (χ0v) is 13.4. The molecule has 3 N–H and O–H groups in total. The maximum absolute atomic E-state index is 6.07. The van der Waals surface area contributed by atoms with E-state index < -0.39 is 0 Å². The van der Waals surface area contributed by atoms with E-state index in [0.29, 0.717) is 5.82 Å². The van der Waals surface area contributed by atoms with Crippen LogP contribution >= 0.6 is 0 Å². The first-order valence-corrected chi connectivity index (χ1v) is 7.33. The molecule has 0 saturated heterocycles. The van der Waals surface area contributed by atoms with Gasteiger partial charge in [0, 0.05) is 28.6 Å². The van der Waals surface area contributed by atoms with E-state index in [9.17, 15) is 0 Å². The molecule has 0 aliphatic heterocycles. The van der Waals surface area contributed by atoms with Crippen LogP contribution in [0.25, 0.3) is 16.5 Å². The molecule has 114 valence electrons. The highest BCUT2D eigenvalue weighted by Crippen LogP contribution is 2.29. The molecular formula is C17H21N5. The number of nitrogen functional groups attached to an aromatic ring is 1. The molecule has 5 nitrogen and oxygen atoms in total. The second kappa shape index (κ2) is 5.02. The maximum atomic E-state index is 6.07. The Kier molecular flexibility index (Phi) is 3.28. The van der Waals surface area contributed by atoms with E-state index in [-0.39, 0.29) is 5.54 Å². The Bertz CT molecular complexity index is 827. The van der Waals surface area contributed by atoms with Crippen LogP contribution < -0.4 is 11.1 Å². The number of nitrogens with zero attached hydrogens (tertiary/aromatic N) is 3. The molecule has 1 aromatic carbocycles. The molecule has 3 rings (SSSR count). The van der Waals surface area contributed by atoms with E-state index >= 15 is 0 Å². The summed E-state index contributed by atoms with van der Waals surface area (Å²) in [4.78, 5) is 4.48. The Hall–Kier alpha value is -2.56. The van der Waals surface area contributed by atoms with Crippen molar-refractivity contribution in [3.8, 4) is 5.69 Å². The van der Waals surface area contributed by atoms with Crippen molar-refractivity contribution < 1.29 is 0 Å². The van der Waals surface area contributed by atoms with Gasteiger partial charge in [0.2, 0.25) is 0 Å². The summed E-state index contributed by atoms with van der Waals surface area (Å²) in [5, 5.41) is 10.1. The third kappa shape index (κ3) is 2.62. The number of pyridine rings is 1. The fraction of sp³-hybridized carbons (Fsp3) is 0.294. The normalized spacial score (nSPS) is 11.8. The molecule has 0 unspecified atom stereocenters. The van der Waals surface area contributed by atoms with Crippen LogP contribution in [0.15, 0.2) is 36.5 Å². The van der Waals surface area contributed by atoms with Crippen molar-refractivity contribution in [1.82, 2.24) is 14.8 Å². The van der Waals surface area contributed by atoms with Crippen molar-refractivity contribution in [1.29, 1.82) is 0 Å². The minimum atomic E-state index is -0.0569. The van der Waals surface area contributed by atoms with Gasteiger partial charge in [0.1, 0.15) is 11.6 Å². The summed E-state index contributed by atoms with van der Waals surface area (Å²) in [6.07, 6.45) is 1.81. The van der Waals surface area contributed by atoms with E-state index in [2.05, 4.69) is 42.2 Å². The predicted molar refractivity (Wildman–Crippen MR) is 91.4 cm³/mol. The quantitative estimate of drug-likeness (QED) is 0.759. The van der Waals surface area contributed by atoms with Crippen molar-refractivity contribution in [2.45, 2.75) is 33.2 Å². The minimum absolute atomic E-state index is 0.0569. The van der Waals surface area contributed by atoms with Gasteiger partial charge in [0.15, 0.2) is 0 Å². The monoisotopic (exact) mass is 295 g/mol. The van der Waals surface area contributed by atoms with Crippen LogP contribution in [0.4, 0.5) is 11.6 Å². The average Bonchev–Trinajstić information content (AvgIpc) is 2.76. The van der Waals surface area contributed by atoms with Gasteiger partial charge in [0.25, 0.3) is 0 Å². The first-order chi connectivity index (χ1) is 10.3. The Morgan fingerprint density at radius 1 is 1.14 bits per heavy atom. The molecule has 0 saturated carbocycles. The minimum Gasteiger partial charge on any atom is -0.384 e. The Morgan fingerprint density at radius 2 is 1.91 bits per heavy atom. The highest BCUT2D eigenvalue weighted by molar-refractivity contribution is 5.97. The largest absolute Gasteiger partial charge is 0.384 e. The van der Waals surface area contributed by atoms with E-state index in [0.717, 1.165) is 28.0 Å². The Morgan fingerprint density at radius 3 is 2.55 bits per heavy atom. The molecule has 22 heavy (non-hydrogen) atoms. The Balaban J connectivity index is 2.22. The maximum Gasteiger partial charge on any atom is 0.134 e. The van der Waals surface area contributed by atoms with Crippen molar-refractivity contribution in [3.05, 3.63) is 42.2 Å². The number of benzene rings is 1. The first kappa shape index (κ1) is 14.4. The lowest BCUT2D eigenvalue weighted by atomic mass is 10.1. The van der Waals surface area contributed by atoms with Crippen LogP contribution in [0.2, 0.25) is 0 Å². The van der Waals surface area contributed by atoms with Gasteiger partial charge in [-0.05, 0) is 39.8 Å². The van der Waals surface area contributed by atoms with Crippen molar-refractivity contribution >= 4 is 22.4 Å². The summed E-state index contributed by atoms with van der Waals surface area (Å²) >= 11 is 0. The lowest BCUT2D eigenvalue weighted by Gasteiger charge is -2.22. The van der Waals surface area contributed by atoms with Crippen molar-refractivity contribution in [2.75, 3.05) is 11.1 Å². The van der Waals surface area contributed by atoms with Gasteiger partial charge in [-0.3, -0.25) is 0 Å². The van der Waals surface area contributed by atoms with Crippen molar-refractivity contribution in [3.63, 3.8) is 0 Å². The number of aryl methyl sites for hydroxylation is 1. The lowest BCUT2D eigenvalue weighted by molar-refractivity contribution is 0.631. The lowest BCUT2D eigenvalue weighted by Crippen LogP contribution is -2.26. The summed E-state index contributed by atoms with van der Waals surface area (Å²) in [7, 11) is 0. The second-order valence-corrected chi connectivity index (χ2v) is 6.53. The highest BCUT2D eigenvalue weighted by Gasteiger charge is 2.15. The van der Waals surface area contributed by atoms with Gasteiger partial charge in [-0.2, -0.15) is 5.10 Å². The molecule has 3 aromatic rings. The molecule has 0 fully saturated rings. The van der Waals surface area contributed by atoms with Crippen LogP contribution in [0.3, 0.4) is 0 Å². The van der Waals surface area contributed by atoms with Gasteiger partial charge in [-0.25, -0.2) is 9.67 Å². The van der Waals surface area contributed by atoms with Crippen molar-refractivity contribution in [2.24, 2.45) is 0 Å².